The van der Waals surface area contributed by atoms with Crippen molar-refractivity contribution in [2.75, 3.05) is 33.3 Å². The number of guanidine groups is 1. The largest absolute Gasteiger partial charge is 0.378 e. The molecule has 2 aliphatic rings. The third kappa shape index (κ3) is 6.11. The molecule has 1 N–H and O–H groups in total. The highest BCUT2D eigenvalue weighted by Crippen LogP contribution is 2.26. The minimum Gasteiger partial charge on any atom is -0.378 e. The van der Waals surface area contributed by atoms with Crippen LogP contribution in [0.4, 0.5) is 0 Å². The van der Waals surface area contributed by atoms with Gasteiger partial charge in [-0.3, -0.25) is 9.67 Å². The molecule has 3 rings (SSSR count). The van der Waals surface area contributed by atoms with Gasteiger partial charge in [-0.1, -0.05) is 19.3 Å². The first-order chi connectivity index (χ1) is 12.3. The van der Waals surface area contributed by atoms with Crippen molar-refractivity contribution in [2.45, 2.75) is 57.0 Å². The fraction of sp³-hybridized carbons (Fsp3) is 0.789. The van der Waals surface area contributed by atoms with Crippen LogP contribution in [-0.2, 0) is 11.8 Å². The van der Waals surface area contributed by atoms with Gasteiger partial charge in [-0.15, -0.1) is 24.0 Å². The van der Waals surface area contributed by atoms with Crippen molar-refractivity contribution in [2.24, 2.45) is 12.0 Å². The number of ether oxygens (including phenoxy) is 1. The van der Waals surface area contributed by atoms with E-state index in [9.17, 15) is 0 Å². The summed E-state index contributed by atoms with van der Waals surface area (Å²) >= 11 is 0. The third-order valence-corrected chi connectivity index (χ3v) is 5.41. The van der Waals surface area contributed by atoms with Gasteiger partial charge < -0.3 is 15.0 Å². The second kappa shape index (κ2) is 11.1. The molecule has 1 aromatic rings. The third-order valence-electron chi connectivity index (χ3n) is 5.41. The van der Waals surface area contributed by atoms with Gasteiger partial charge in [0.2, 0.25) is 0 Å². The molecule has 0 amide bonds. The number of aryl methyl sites for hydroxylation is 1. The van der Waals surface area contributed by atoms with E-state index in [1.807, 2.05) is 25.0 Å². The Kier molecular flexibility index (Phi) is 9.18. The molecule has 0 aromatic carbocycles. The molecule has 7 heteroatoms. The van der Waals surface area contributed by atoms with Gasteiger partial charge in [-0.25, -0.2) is 0 Å². The van der Waals surface area contributed by atoms with Crippen molar-refractivity contribution in [1.29, 1.82) is 0 Å². The summed E-state index contributed by atoms with van der Waals surface area (Å²) in [5, 5.41) is 7.80. The van der Waals surface area contributed by atoms with E-state index in [1.165, 1.54) is 37.7 Å². The molecule has 0 radical (unpaired) electrons. The lowest BCUT2D eigenvalue weighted by atomic mass is 9.98. The number of rotatable bonds is 6. The second-order valence-electron chi connectivity index (χ2n) is 7.34. The Bertz CT molecular complexity index is 556. The van der Waals surface area contributed by atoms with Crippen LogP contribution < -0.4 is 5.32 Å². The smallest absolute Gasteiger partial charge is 0.193 e. The number of aliphatic imine (C=N–C) groups is 1. The Morgan fingerprint density at radius 2 is 2.12 bits per heavy atom. The van der Waals surface area contributed by atoms with E-state index in [2.05, 4.69) is 26.5 Å². The van der Waals surface area contributed by atoms with Crippen molar-refractivity contribution in [3.8, 4) is 0 Å². The number of aromatic nitrogens is 2. The maximum absolute atomic E-state index is 6.00. The zero-order valence-corrected chi connectivity index (χ0v) is 18.5. The van der Waals surface area contributed by atoms with Gasteiger partial charge in [0.1, 0.15) is 0 Å². The maximum atomic E-state index is 6.00. The van der Waals surface area contributed by atoms with Crippen LogP contribution in [0.3, 0.4) is 0 Å². The summed E-state index contributed by atoms with van der Waals surface area (Å²) in [7, 11) is 3.85. The summed E-state index contributed by atoms with van der Waals surface area (Å²) in [4.78, 5) is 6.82. The van der Waals surface area contributed by atoms with Gasteiger partial charge in [-0.2, -0.15) is 5.10 Å². The Morgan fingerprint density at radius 3 is 2.81 bits per heavy atom. The molecule has 1 aliphatic heterocycles. The number of hydrogen-bond donors (Lipinski definition) is 1. The van der Waals surface area contributed by atoms with E-state index in [-0.39, 0.29) is 24.0 Å². The zero-order chi connectivity index (χ0) is 17.5. The van der Waals surface area contributed by atoms with Crippen LogP contribution in [0.5, 0.6) is 0 Å². The predicted octanol–water partition coefficient (Wildman–Crippen LogP) is 3.14. The first kappa shape index (κ1) is 21.5. The number of nitrogens with one attached hydrogen (secondary N) is 1. The van der Waals surface area contributed by atoms with Crippen LogP contribution >= 0.6 is 24.0 Å². The highest BCUT2D eigenvalue weighted by Gasteiger charge is 2.26. The minimum atomic E-state index is 0. The number of hydrogen-bond acceptors (Lipinski definition) is 3. The van der Waals surface area contributed by atoms with Crippen LogP contribution in [0.25, 0.3) is 0 Å². The topological polar surface area (TPSA) is 54.7 Å². The van der Waals surface area contributed by atoms with Crippen LogP contribution in [0.1, 0.15) is 56.4 Å². The molecule has 1 aliphatic carbocycles. The summed E-state index contributed by atoms with van der Waals surface area (Å²) in [5.41, 5.74) is 1.33. The molecule has 1 saturated carbocycles. The Hall–Kier alpha value is -0.830. The van der Waals surface area contributed by atoms with Crippen LogP contribution in [0.15, 0.2) is 17.4 Å². The van der Waals surface area contributed by atoms with Crippen molar-refractivity contribution in [1.82, 2.24) is 20.0 Å². The molecule has 2 heterocycles. The Balaban J connectivity index is 0.00000243. The number of nitrogens with zero attached hydrogens (tertiary/aromatic N) is 4. The highest BCUT2D eigenvalue weighted by atomic mass is 127. The summed E-state index contributed by atoms with van der Waals surface area (Å²) in [6.07, 6.45) is 13.4. The Labute approximate surface area is 174 Å². The molecule has 0 bridgehead atoms. The van der Waals surface area contributed by atoms with Gasteiger partial charge >= 0.3 is 0 Å². The Morgan fingerprint density at radius 1 is 1.31 bits per heavy atom. The van der Waals surface area contributed by atoms with E-state index in [4.69, 9.17) is 4.74 Å². The van der Waals surface area contributed by atoms with E-state index in [0.29, 0.717) is 12.0 Å². The first-order valence-electron chi connectivity index (χ1n) is 9.82. The molecule has 1 unspecified atom stereocenters. The SMILES string of the molecule is CN=C(NCCCOC1CCCCC1)N1CCC(c2cnn(C)c2)C1.I. The maximum Gasteiger partial charge on any atom is 0.193 e. The fourth-order valence-corrected chi connectivity index (χ4v) is 3.96. The van der Waals surface area contributed by atoms with Crippen molar-refractivity contribution in [3.63, 3.8) is 0 Å². The molecule has 0 spiro atoms. The van der Waals surface area contributed by atoms with E-state index in [1.54, 1.807) is 0 Å². The van der Waals surface area contributed by atoms with E-state index in [0.717, 1.165) is 45.0 Å². The average molecular weight is 475 g/mol. The monoisotopic (exact) mass is 475 g/mol. The van der Waals surface area contributed by atoms with Crippen molar-refractivity contribution < 1.29 is 4.74 Å². The van der Waals surface area contributed by atoms with Crippen LogP contribution in [0, 0.1) is 0 Å². The summed E-state index contributed by atoms with van der Waals surface area (Å²) in [6.45, 7) is 3.85. The molecule has 1 atom stereocenters. The lowest BCUT2D eigenvalue weighted by Gasteiger charge is -2.23. The molecule has 1 saturated heterocycles. The number of halogens is 1. The normalized spacial score (nSPS) is 21.7. The van der Waals surface area contributed by atoms with Crippen LogP contribution in [-0.4, -0.2) is 60.0 Å². The molecule has 148 valence electrons. The highest BCUT2D eigenvalue weighted by molar-refractivity contribution is 14.0. The zero-order valence-electron chi connectivity index (χ0n) is 16.2. The molecule has 6 nitrogen and oxygen atoms in total. The minimum absolute atomic E-state index is 0. The summed E-state index contributed by atoms with van der Waals surface area (Å²) in [5.74, 6) is 1.57. The van der Waals surface area contributed by atoms with E-state index >= 15 is 0 Å². The van der Waals surface area contributed by atoms with Crippen molar-refractivity contribution >= 4 is 29.9 Å². The van der Waals surface area contributed by atoms with Gasteiger partial charge in [0.05, 0.1) is 12.3 Å². The van der Waals surface area contributed by atoms with E-state index < -0.39 is 0 Å². The summed E-state index contributed by atoms with van der Waals surface area (Å²) < 4.78 is 7.88. The second-order valence-corrected chi connectivity index (χ2v) is 7.34. The van der Waals surface area contributed by atoms with Gasteiger partial charge in [0.25, 0.3) is 0 Å². The molecular weight excluding hydrogens is 441 g/mol. The molecular formula is C19H34IN5O. The number of likely N-dealkylation sites (tertiary alicyclic amines) is 1. The first-order valence-corrected chi connectivity index (χ1v) is 9.82. The quantitative estimate of drug-likeness (QED) is 0.297. The molecule has 26 heavy (non-hydrogen) atoms. The van der Waals surface area contributed by atoms with Crippen LogP contribution in [0.2, 0.25) is 0 Å². The molecule has 1 aromatic heterocycles. The van der Waals surface area contributed by atoms with Crippen molar-refractivity contribution in [3.05, 3.63) is 18.0 Å². The van der Waals surface area contributed by atoms with Gasteiger partial charge in [-0.05, 0) is 31.2 Å². The lowest BCUT2D eigenvalue weighted by Crippen LogP contribution is -2.40. The summed E-state index contributed by atoms with van der Waals surface area (Å²) in [6, 6.07) is 0. The van der Waals surface area contributed by atoms with Gasteiger partial charge in [0.15, 0.2) is 5.96 Å². The molecule has 2 fully saturated rings. The average Bonchev–Trinajstić information content (AvgIpc) is 3.28. The standard InChI is InChI=1S/C19H33N5O.HI/c1-20-19(21-10-6-12-25-18-7-4-3-5-8-18)24-11-9-16(15-24)17-13-22-23(2)14-17;/h13-14,16,18H,3-12,15H2,1-2H3,(H,20,21);1H. The lowest BCUT2D eigenvalue weighted by molar-refractivity contribution is 0.0276. The predicted molar refractivity (Wildman–Crippen MR) is 116 cm³/mol. The van der Waals surface area contributed by atoms with Gasteiger partial charge in [0, 0.05) is 52.5 Å². The fourth-order valence-electron chi connectivity index (χ4n) is 3.96.